The molecule has 1 saturated carbocycles. The third-order valence-corrected chi connectivity index (χ3v) is 3.25. The van der Waals surface area contributed by atoms with E-state index in [1.54, 1.807) is 0 Å². The van der Waals surface area contributed by atoms with Gasteiger partial charge in [0.05, 0.1) is 6.10 Å². The molecule has 1 fully saturated rings. The predicted molar refractivity (Wildman–Crippen MR) is 51.5 cm³/mol. The van der Waals surface area contributed by atoms with Crippen molar-refractivity contribution in [2.45, 2.75) is 38.2 Å². The Morgan fingerprint density at radius 3 is 2.40 bits per heavy atom. The lowest BCUT2D eigenvalue weighted by atomic mass is 9.86. The van der Waals surface area contributed by atoms with Crippen molar-refractivity contribution in [1.29, 1.82) is 0 Å². The monoisotopic (exact) mass is 254 g/mol. The maximum Gasteiger partial charge on any atom is 0.0657 e. The van der Waals surface area contributed by atoms with Crippen molar-refractivity contribution < 1.29 is 5.11 Å². The molecule has 0 aromatic carbocycles. The lowest BCUT2D eigenvalue weighted by Gasteiger charge is -2.24. The molecule has 10 heavy (non-hydrogen) atoms. The first-order valence-corrected chi connectivity index (χ1v) is 5.61. The first-order valence-electron chi connectivity index (χ1n) is 4.08. The van der Waals surface area contributed by atoms with Crippen molar-refractivity contribution in [3.05, 3.63) is 0 Å². The van der Waals surface area contributed by atoms with E-state index in [4.69, 9.17) is 0 Å². The molecule has 0 aromatic heterocycles. The molecule has 0 heterocycles. The van der Waals surface area contributed by atoms with Gasteiger partial charge in [0.25, 0.3) is 0 Å². The molecule has 0 amide bonds. The van der Waals surface area contributed by atoms with Crippen LogP contribution in [0.5, 0.6) is 0 Å². The molecular formula is C8H15IO. The van der Waals surface area contributed by atoms with Crippen molar-refractivity contribution in [2.75, 3.05) is 4.43 Å². The smallest absolute Gasteiger partial charge is 0.0657 e. The number of hydrogen-bond acceptors (Lipinski definition) is 1. The Bertz CT molecular complexity index is 89.3. The standard InChI is InChI=1S/C8H15IO/c9-6-8(10)7-4-2-1-3-5-7/h7-8,10H,1-6H2. The van der Waals surface area contributed by atoms with Gasteiger partial charge in [0.15, 0.2) is 0 Å². The second-order valence-corrected chi connectivity index (χ2v) is 4.00. The Kier molecular flexibility index (Phi) is 3.99. The number of aliphatic hydroxyl groups is 1. The third-order valence-electron chi connectivity index (χ3n) is 2.35. The molecule has 0 aromatic rings. The Morgan fingerprint density at radius 1 is 1.30 bits per heavy atom. The minimum Gasteiger partial charge on any atom is -0.392 e. The van der Waals surface area contributed by atoms with E-state index in [9.17, 15) is 5.11 Å². The summed E-state index contributed by atoms with van der Waals surface area (Å²) in [5, 5.41) is 9.48. The summed E-state index contributed by atoms with van der Waals surface area (Å²) in [7, 11) is 0. The number of halogens is 1. The average molecular weight is 254 g/mol. The number of aliphatic hydroxyl groups excluding tert-OH is 1. The fourth-order valence-corrected chi connectivity index (χ4v) is 2.36. The average Bonchev–Trinajstić information content (AvgIpc) is 2.05. The topological polar surface area (TPSA) is 20.2 Å². The maximum atomic E-state index is 9.48. The number of alkyl halides is 1. The molecule has 0 saturated heterocycles. The summed E-state index contributed by atoms with van der Waals surface area (Å²) in [5.41, 5.74) is 0. The molecule has 0 aliphatic heterocycles. The third kappa shape index (κ3) is 2.38. The second-order valence-electron chi connectivity index (χ2n) is 3.12. The van der Waals surface area contributed by atoms with Crippen molar-refractivity contribution in [3.63, 3.8) is 0 Å². The lowest BCUT2D eigenvalue weighted by molar-refractivity contribution is 0.107. The second kappa shape index (κ2) is 4.54. The van der Waals surface area contributed by atoms with Gasteiger partial charge in [-0.15, -0.1) is 0 Å². The van der Waals surface area contributed by atoms with Crippen molar-refractivity contribution >= 4 is 22.6 Å². The zero-order valence-electron chi connectivity index (χ0n) is 6.22. The van der Waals surface area contributed by atoms with E-state index in [1.165, 1.54) is 32.1 Å². The molecule has 1 aliphatic rings. The Balaban J connectivity index is 2.24. The molecule has 1 nitrogen and oxygen atoms in total. The Labute approximate surface area is 76.3 Å². The molecule has 0 bridgehead atoms. The lowest BCUT2D eigenvalue weighted by Crippen LogP contribution is -2.23. The molecule has 60 valence electrons. The minimum absolute atomic E-state index is 0.0269. The summed E-state index contributed by atoms with van der Waals surface area (Å²) >= 11 is 2.27. The number of hydrogen-bond donors (Lipinski definition) is 1. The largest absolute Gasteiger partial charge is 0.392 e. The van der Waals surface area contributed by atoms with Gasteiger partial charge in [-0.25, -0.2) is 0 Å². The van der Waals surface area contributed by atoms with E-state index in [2.05, 4.69) is 22.6 Å². The predicted octanol–water partition coefficient (Wildman–Crippen LogP) is 2.36. The van der Waals surface area contributed by atoms with Gasteiger partial charge in [-0.2, -0.15) is 0 Å². The van der Waals surface area contributed by atoms with E-state index in [0.717, 1.165) is 4.43 Å². The highest BCUT2D eigenvalue weighted by atomic mass is 127. The molecule has 1 atom stereocenters. The molecule has 2 heteroatoms. The van der Waals surface area contributed by atoms with Crippen LogP contribution >= 0.6 is 22.6 Å². The van der Waals surface area contributed by atoms with Crippen LogP contribution in [0.25, 0.3) is 0 Å². The Hall–Kier alpha value is 0.690. The van der Waals surface area contributed by atoms with E-state index < -0.39 is 0 Å². The molecule has 1 N–H and O–H groups in total. The van der Waals surface area contributed by atoms with Crippen LogP contribution in [0.2, 0.25) is 0 Å². The zero-order chi connectivity index (χ0) is 7.40. The molecule has 0 spiro atoms. The van der Waals surface area contributed by atoms with Crippen LogP contribution < -0.4 is 0 Å². The first kappa shape index (κ1) is 8.78. The molecular weight excluding hydrogens is 239 g/mol. The quantitative estimate of drug-likeness (QED) is 0.592. The van der Waals surface area contributed by atoms with Crippen molar-refractivity contribution in [3.8, 4) is 0 Å². The normalized spacial score (nSPS) is 24.6. The highest BCUT2D eigenvalue weighted by Crippen LogP contribution is 2.26. The van der Waals surface area contributed by atoms with Crippen LogP contribution in [-0.2, 0) is 0 Å². The van der Waals surface area contributed by atoms with Crippen LogP contribution in [0, 0.1) is 5.92 Å². The summed E-state index contributed by atoms with van der Waals surface area (Å²) in [5.74, 6) is 0.616. The van der Waals surface area contributed by atoms with Crippen LogP contribution in [0.1, 0.15) is 32.1 Å². The first-order chi connectivity index (χ1) is 4.84. The summed E-state index contributed by atoms with van der Waals surface area (Å²) < 4.78 is 0.905. The van der Waals surface area contributed by atoms with E-state index in [1.807, 2.05) is 0 Å². The van der Waals surface area contributed by atoms with E-state index >= 15 is 0 Å². The summed E-state index contributed by atoms with van der Waals surface area (Å²) in [6, 6.07) is 0. The highest BCUT2D eigenvalue weighted by molar-refractivity contribution is 14.1. The zero-order valence-corrected chi connectivity index (χ0v) is 8.38. The minimum atomic E-state index is -0.0269. The number of rotatable bonds is 2. The van der Waals surface area contributed by atoms with Gasteiger partial charge in [-0.3, -0.25) is 0 Å². The van der Waals surface area contributed by atoms with Crippen LogP contribution in [0.4, 0.5) is 0 Å². The van der Waals surface area contributed by atoms with Crippen molar-refractivity contribution in [1.82, 2.24) is 0 Å². The molecule has 1 rings (SSSR count). The van der Waals surface area contributed by atoms with Gasteiger partial charge in [-0.1, -0.05) is 41.9 Å². The van der Waals surface area contributed by atoms with Gasteiger partial charge < -0.3 is 5.11 Å². The van der Waals surface area contributed by atoms with Gasteiger partial charge in [-0.05, 0) is 18.8 Å². The van der Waals surface area contributed by atoms with E-state index in [-0.39, 0.29) is 6.10 Å². The van der Waals surface area contributed by atoms with Gasteiger partial charge in [0.2, 0.25) is 0 Å². The van der Waals surface area contributed by atoms with E-state index in [0.29, 0.717) is 5.92 Å². The summed E-state index contributed by atoms with van der Waals surface area (Å²) in [4.78, 5) is 0. The van der Waals surface area contributed by atoms with Crippen LogP contribution in [0.3, 0.4) is 0 Å². The highest BCUT2D eigenvalue weighted by Gasteiger charge is 2.19. The maximum absolute atomic E-state index is 9.48. The summed E-state index contributed by atoms with van der Waals surface area (Å²) in [6.07, 6.45) is 6.52. The van der Waals surface area contributed by atoms with Crippen molar-refractivity contribution in [2.24, 2.45) is 5.92 Å². The fraction of sp³-hybridized carbons (Fsp3) is 1.00. The van der Waals surface area contributed by atoms with Gasteiger partial charge in [0.1, 0.15) is 0 Å². The molecule has 1 aliphatic carbocycles. The van der Waals surface area contributed by atoms with Gasteiger partial charge >= 0.3 is 0 Å². The summed E-state index contributed by atoms with van der Waals surface area (Å²) in [6.45, 7) is 0. The molecule has 0 radical (unpaired) electrons. The SMILES string of the molecule is OC(CI)C1CCCCC1. The van der Waals surface area contributed by atoms with Crippen LogP contribution in [0.15, 0.2) is 0 Å². The molecule has 1 unspecified atom stereocenters. The Morgan fingerprint density at radius 2 is 1.90 bits per heavy atom. The van der Waals surface area contributed by atoms with Gasteiger partial charge in [0, 0.05) is 4.43 Å². The fourth-order valence-electron chi connectivity index (χ4n) is 1.64. The van der Waals surface area contributed by atoms with Crippen LogP contribution in [-0.4, -0.2) is 15.6 Å².